The first-order chi connectivity index (χ1) is 13.7. The minimum atomic E-state index is -0.145. The van der Waals surface area contributed by atoms with Gasteiger partial charge in [0, 0.05) is 52.2 Å². The van der Waals surface area contributed by atoms with Crippen molar-refractivity contribution in [1.82, 2.24) is 15.1 Å². The van der Waals surface area contributed by atoms with E-state index in [9.17, 15) is 4.79 Å². The van der Waals surface area contributed by atoms with Gasteiger partial charge in [0.05, 0.1) is 7.11 Å². The van der Waals surface area contributed by atoms with E-state index in [0.29, 0.717) is 6.42 Å². The van der Waals surface area contributed by atoms with Crippen LogP contribution in [-0.2, 0) is 9.53 Å². The van der Waals surface area contributed by atoms with Crippen molar-refractivity contribution in [1.29, 1.82) is 0 Å². The highest BCUT2D eigenvalue weighted by Crippen LogP contribution is 2.06. The number of aliphatic imine (C=N–C) groups is 1. The summed E-state index contributed by atoms with van der Waals surface area (Å²) in [4.78, 5) is 20.7. The first kappa shape index (κ1) is 22.0. The number of unbranched alkanes of at least 4 members (excludes halogenated alkanes) is 1. The van der Waals surface area contributed by atoms with Crippen LogP contribution in [0.5, 0.6) is 0 Å². The van der Waals surface area contributed by atoms with Crippen molar-refractivity contribution in [2.24, 2.45) is 4.99 Å². The number of nitrogens with zero attached hydrogens (tertiary/aromatic N) is 3. The molecule has 1 N–H and O–H groups in total. The van der Waals surface area contributed by atoms with Gasteiger partial charge in [0.15, 0.2) is 5.96 Å². The second-order valence-corrected chi connectivity index (χ2v) is 6.87. The third-order valence-corrected chi connectivity index (χ3v) is 4.76. The molecule has 1 heterocycles. The summed E-state index contributed by atoms with van der Waals surface area (Å²) in [6.45, 7) is 8.69. The van der Waals surface area contributed by atoms with E-state index in [-0.39, 0.29) is 5.97 Å². The Balaban J connectivity index is 1.72. The Kier molecular flexibility index (Phi) is 10.1. The Hall–Kier alpha value is -2.34. The number of ether oxygens (including phenoxy) is 1. The number of carbonyl (C=O) groups excluding carboxylic acids is 1. The van der Waals surface area contributed by atoms with Crippen molar-refractivity contribution in [2.45, 2.75) is 26.2 Å². The monoisotopic (exact) mass is 386 g/mol. The molecule has 6 nitrogen and oxygen atoms in total. The highest BCUT2D eigenvalue weighted by atomic mass is 16.5. The number of guanidine groups is 1. The van der Waals surface area contributed by atoms with Crippen LogP contribution in [0.3, 0.4) is 0 Å². The van der Waals surface area contributed by atoms with Gasteiger partial charge in [-0.3, -0.25) is 14.7 Å². The molecule has 2 rings (SSSR count). The SMILES string of the molecule is CCNC(=NCCCCC(=O)OC)N1CCN(C/C=C/c2ccccc2)CC1. The van der Waals surface area contributed by atoms with Crippen LogP contribution in [0.15, 0.2) is 41.4 Å². The molecule has 1 aliphatic heterocycles. The topological polar surface area (TPSA) is 57.2 Å². The molecular weight excluding hydrogens is 352 g/mol. The second kappa shape index (κ2) is 12.9. The number of nitrogens with one attached hydrogen (secondary N) is 1. The van der Waals surface area contributed by atoms with E-state index in [1.807, 2.05) is 6.07 Å². The second-order valence-electron chi connectivity index (χ2n) is 6.87. The van der Waals surface area contributed by atoms with Crippen LogP contribution >= 0.6 is 0 Å². The van der Waals surface area contributed by atoms with Gasteiger partial charge >= 0.3 is 5.97 Å². The van der Waals surface area contributed by atoms with E-state index in [0.717, 1.165) is 64.6 Å². The molecule has 1 saturated heterocycles. The summed E-state index contributed by atoms with van der Waals surface area (Å²) in [6, 6.07) is 10.4. The Labute approximate surface area is 169 Å². The summed E-state index contributed by atoms with van der Waals surface area (Å²) >= 11 is 0. The van der Waals surface area contributed by atoms with E-state index in [1.54, 1.807) is 0 Å². The number of methoxy groups -OCH3 is 1. The first-order valence-electron chi connectivity index (χ1n) is 10.3. The van der Waals surface area contributed by atoms with Gasteiger partial charge in [-0.15, -0.1) is 0 Å². The highest BCUT2D eigenvalue weighted by Gasteiger charge is 2.18. The largest absolute Gasteiger partial charge is 0.469 e. The average molecular weight is 387 g/mol. The van der Waals surface area contributed by atoms with Gasteiger partial charge in [0.2, 0.25) is 0 Å². The maximum absolute atomic E-state index is 11.2. The fraction of sp³-hybridized carbons (Fsp3) is 0.545. The van der Waals surface area contributed by atoms with Gasteiger partial charge in [-0.2, -0.15) is 0 Å². The van der Waals surface area contributed by atoms with Crippen molar-refractivity contribution in [3.8, 4) is 0 Å². The van der Waals surface area contributed by atoms with Gasteiger partial charge in [0.25, 0.3) is 0 Å². The molecule has 28 heavy (non-hydrogen) atoms. The zero-order valence-electron chi connectivity index (χ0n) is 17.3. The van der Waals surface area contributed by atoms with E-state index in [4.69, 9.17) is 4.99 Å². The fourth-order valence-electron chi connectivity index (χ4n) is 3.14. The van der Waals surface area contributed by atoms with Crippen LogP contribution < -0.4 is 5.32 Å². The van der Waals surface area contributed by atoms with E-state index in [2.05, 4.69) is 63.2 Å². The smallest absolute Gasteiger partial charge is 0.305 e. The standard InChI is InChI=1S/C22H34N4O2/c1-3-23-22(24-14-8-7-13-21(27)28-2)26-18-16-25(17-19-26)15-9-12-20-10-5-4-6-11-20/h4-6,9-12H,3,7-8,13-19H2,1-2H3,(H,23,24)/b12-9+. The number of benzene rings is 1. The van der Waals surface area contributed by atoms with Gasteiger partial charge in [-0.1, -0.05) is 42.5 Å². The Bertz CT molecular complexity index is 623. The normalized spacial score (nSPS) is 15.8. The number of esters is 1. The molecular formula is C22H34N4O2. The lowest BCUT2D eigenvalue weighted by Gasteiger charge is -2.36. The number of hydrogen-bond acceptors (Lipinski definition) is 4. The lowest BCUT2D eigenvalue weighted by molar-refractivity contribution is -0.140. The molecule has 6 heteroatoms. The molecule has 0 aromatic heterocycles. The third-order valence-electron chi connectivity index (χ3n) is 4.76. The zero-order chi connectivity index (χ0) is 20.0. The summed E-state index contributed by atoms with van der Waals surface area (Å²) in [6.07, 6.45) is 6.61. The molecule has 0 atom stereocenters. The molecule has 1 aromatic rings. The van der Waals surface area contributed by atoms with Crippen molar-refractivity contribution < 1.29 is 9.53 Å². The molecule has 1 fully saturated rings. The molecule has 1 aromatic carbocycles. The molecule has 0 unspecified atom stereocenters. The summed E-state index contributed by atoms with van der Waals surface area (Å²) in [5.41, 5.74) is 1.25. The van der Waals surface area contributed by atoms with Crippen LogP contribution in [0.1, 0.15) is 31.7 Å². The van der Waals surface area contributed by atoms with E-state index in [1.165, 1.54) is 12.7 Å². The summed E-state index contributed by atoms with van der Waals surface area (Å²) in [5.74, 6) is 0.841. The molecule has 0 amide bonds. The summed E-state index contributed by atoms with van der Waals surface area (Å²) in [7, 11) is 1.43. The molecule has 1 aliphatic rings. The van der Waals surface area contributed by atoms with Gasteiger partial charge in [-0.05, 0) is 25.3 Å². The van der Waals surface area contributed by atoms with Crippen molar-refractivity contribution in [3.05, 3.63) is 42.0 Å². The quantitative estimate of drug-likeness (QED) is 0.306. The van der Waals surface area contributed by atoms with Crippen LogP contribution in [0.4, 0.5) is 0 Å². The van der Waals surface area contributed by atoms with Crippen molar-refractivity contribution in [2.75, 3.05) is 52.9 Å². The summed E-state index contributed by atoms with van der Waals surface area (Å²) < 4.78 is 4.67. The molecule has 0 aliphatic carbocycles. The number of piperazine rings is 1. The predicted octanol–water partition coefficient (Wildman–Crippen LogP) is 2.63. The molecule has 0 radical (unpaired) electrons. The first-order valence-corrected chi connectivity index (χ1v) is 10.3. The minimum absolute atomic E-state index is 0.145. The molecule has 0 bridgehead atoms. The molecule has 154 valence electrons. The van der Waals surface area contributed by atoms with E-state index < -0.39 is 0 Å². The number of carbonyl (C=O) groups is 1. The van der Waals surface area contributed by atoms with Crippen LogP contribution in [-0.4, -0.2) is 74.7 Å². The Morgan fingerprint density at radius 2 is 1.93 bits per heavy atom. The van der Waals surface area contributed by atoms with Gasteiger partial charge in [0.1, 0.15) is 0 Å². The van der Waals surface area contributed by atoms with Crippen molar-refractivity contribution in [3.63, 3.8) is 0 Å². The summed E-state index contributed by atoms with van der Waals surface area (Å²) in [5, 5.41) is 3.39. The Morgan fingerprint density at radius 1 is 1.18 bits per heavy atom. The van der Waals surface area contributed by atoms with Crippen LogP contribution in [0.2, 0.25) is 0 Å². The molecule has 0 spiro atoms. The maximum atomic E-state index is 11.2. The number of rotatable bonds is 9. The lowest BCUT2D eigenvalue weighted by atomic mass is 10.2. The molecule has 0 saturated carbocycles. The zero-order valence-corrected chi connectivity index (χ0v) is 17.3. The maximum Gasteiger partial charge on any atom is 0.305 e. The predicted molar refractivity (Wildman–Crippen MR) is 115 cm³/mol. The minimum Gasteiger partial charge on any atom is -0.469 e. The van der Waals surface area contributed by atoms with E-state index >= 15 is 0 Å². The van der Waals surface area contributed by atoms with Crippen LogP contribution in [0, 0.1) is 0 Å². The average Bonchev–Trinajstić information content (AvgIpc) is 2.74. The highest BCUT2D eigenvalue weighted by molar-refractivity contribution is 5.80. The number of hydrogen-bond donors (Lipinski definition) is 1. The van der Waals surface area contributed by atoms with Crippen LogP contribution in [0.25, 0.3) is 6.08 Å². The van der Waals surface area contributed by atoms with Crippen molar-refractivity contribution >= 4 is 18.0 Å². The Morgan fingerprint density at radius 3 is 2.61 bits per heavy atom. The van der Waals surface area contributed by atoms with Gasteiger partial charge in [-0.25, -0.2) is 0 Å². The third kappa shape index (κ3) is 8.13. The fourth-order valence-corrected chi connectivity index (χ4v) is 3.14. The lowest BCUT2D eigenvalue weighted by Crippen LogP contribution is -2.52. The van der Waals surface area contributed by atoms with Gasteiger partial charge < -0.3 is 15.0 Å².